The summed E-state index contributed by atoms with van der Waals surface area (Å²) in [4.78, 5) is 37.9. The van der Waals surface area contributed by atoms with Gasteiger partial charge in [-0.25, -0.2) is 4.79 Å². The van der Waals surface area contributed by atoms with Crippen molar-refractivity contribution in [3.8, 4) is 6.07 Å². The predicted octanol–water partition coefficient (Wildman–Crippen LogP) is 1.31. The lowest BCUT2D eigenvalue weighted by molar-refractivity contribution is -0.130. The molecule has 0 spiro atoms. The summed E-state index contributed by atoms with van der Waals surface area (Å²) in [6, 6.07) is 9.60. The van der Waals surface area contributed by atoms with E-state index in [0.29, 0.717) is 19.4 Å². The zero-order chi connectivity index (χ0) is 19.8. The molecule has 8 heteroatoms. The molecule has 2 rings (SSSR count). The molecule has 1 aromatic carbocycles. The van der Waals surface area contributed by atoms with E-state index in [1.807, 2.05) is 36.4 Å². The van der Waals surface area contributed by atoms with Crippen LogP contribution in [0.5, 0.6) is 0 Å². The zero-order valence-corrected chi connectivity index (χ0v) is 15.3. The maximum absolute atomic E-state index is 12.6. The number of nitriles is 1. The molecular formula is C19H24N4O4. The standard InChI is InChI=1S/C19H24N4O4/c1-13(11-20)10-15(17(21)24)22-18(25)16-8-5-9-23(16)19(26)27-12-14-6-3-2-4-7-14/h2-4,6-7,13,15-16H,5,8-10,12H2,1H3,(H2,21,24)(H,22,25)/t13-,15+,16-/m1/s1. The number of rotatable bonds is 7. The Morgan fingerprint density at radius 2 is 2.07 bits per heavy atom. The molecule has 1 aromatic rings. The lowest BCUT2D eigenvalue weighted by Gasteiger charge is -2.25. The summed E-state index contributed by atoms with van der Waals surface area (Å²) in [6.45, 7) is 2.17. The Bertz CT molecular complexity index is 716. The molecule has 144 valence electrons. The summed E-state index contributed by atoms with van der Waals surface area (Å²) in [5.74, 6) is -1.60. The Labute approximate surface area is 158 Å². The molecule has 1 aliphatic heterocycles. The van der Waals surface area contributed by atoms with Crippen LogP contribution in [-0.4, -0.2) is 41.4 Å². The molecule has 3 atom stereocenters. The van der Waals surface area contributed by atoms with Crippen molar-refractivity contribution in [1.82, 2.24) is 10.2 Å². The number of nitrogens with one attached hydrogen (secondary N) is 1. The first-order valence-electron chi connectivity index (χ1n) is 8.89. The van der Waals surface area contributed by atoms with Crippen molar-refractivity contribution in [2.24, 2.45) is 11.7 Å². The van der Waals surface area contributed by atoms with Gasteiger partial charge < -0.3 is 15.8 Å². The molecule has 0 radical (unpaired) electrons. The number of hydrogen-bond donors (Lipinski definition) is 2. The zero-order valence-electron chi connectivity index (χ0n) is 15.3. The molecule has 8 nitrogen and oxygen atoms in total. The molecule has 0 aliphatic carbocycles. The van der Waals surface area contributed by atoms with Gasteiger partial charge in [-0.15, -0.1) is 0 Å². The highest BCUT2D eigenvalue weighted by Gasteiger charge is 2.36. The maximum Gasteiger partial charge on any atom is 0.410 e. The molecule has 27 heavy (non-hydrogen) atoms. The van der Waals surface area contributed by atoms with Crippen LogP contribution in [0.4, 0.5) is 4.79 Å². The van der Waals surface area contributed by atoms with E-state index in [1.54, 1.807) is 6.92 Å². The van der Waals surface area contributed by atoms with E-state index in [9.17, 15) is 14.4 Å². The van der Waals surface area contributed by atoms with Gasteiger partial charge in [0, 0.05) is 12.5 Å². The average molecular weight is 372 g/mol. The monoisotopic (exact) mass is 372 g/mol. The minimum Gasteiger partial charge on any atom is -0.445 e. The van der Waals surface area contributed by atoms with Crippen LogP contribution in [0.25, 0.3) is 0 Å². The van der Waals surface area contributed by atoms with Crippen LogP contribution in [0.3, 0.4) is 0 Å². The summed E-state index contributed by atoms with van der Waals surface area (Å²) in [7, 11) is 0. The number of primary amides is 1. The molecule has 0 saturated carbocycles. The molecule has 0 bridgehead atoms. The summed E-state index contributed by atoms with van der Waals surface area (Å²) < 4.78 is 5.30. The first kappa shape index (κ1) is 20.2. The number of nitrogens with two attached hydrogens (primary N) is 1. The third-order valence-corrected chi connectivity index (χ3v) is 4.46. The van der Waals surface area contributed by atoms with Gasteiger partial charge in [-0.3, -0.25) is 14.5 Å². The van der Waals surface area contributed by atoms with Crippen LogP contribution in [0, 0.1) is 17.2 Å². The highest BCUT2D eigenvalue weighted by atomic mass is 16.6. The second-order valence-electron chi connectivity index (χ2n) is 6.62. The normalized spacial score (nSPS) is 18.2. The Morgan fingerprint density at radius 3 is 2.70 bits per heavy atom. The highest BCUT2D eigenvalue weighted by Crippen LogP contribution is 2.19. The van der Waals surface area contributed by atoms with Crippen LogP contribution in [0.1, 0.15) is 31.7 Å². The van der Waals surface area contributed by atoms with Crippen molar-refractivity contribution in [3.63, 3.8) is 0 Å². The van der Waals surface area contributed by atoms with E-state index < -0.39 is 35.9 Å². The van der Waals surface area contributed by atoms with Gasteiger partial charge in [0.25, 0.3) is 0 Å². The molecule has 3 N–H and O–H groups in total. The van der Waals surface area contributed by atoms with Gasteiger partial charge in [0.15, 0.2) is 0 Å². The van der Waals surface area contributed by atoms with E-state index in [-0.39, 0.29) is 13.0 Å². The van der Waals surface area contributed by atoms with Crippen molar-refractivity contribution < 1.29 is 19.1 Å². The number of nitrogens with zero attached hydrogens (tertiary/aromatic N) is 2. The lowest BCUT2D eigenvalue weighted by atomic mass is 10.0. The highest BCUT2D eigenvalue weighted by molar-refractivity contribution is 5.91. The first-order chi connectivity index (χ1) is 12.9. The van der Waals surface area contributed by atoms with E-state index in [0.717, 1.165) is 5.56 Å². The van der Waals surface area contributed by atoms with E-state index in [2.05, 4.69) is 5.32 Å². The van der Waals surface area contributed by atoms with Gasteiger partial charge in [-0.2, -0.15) is 5.26 Å². The maximum atomic E-state index is 12.6. The van der Waals surface area contributed by atoms with Gasteiger partial charge in [0.1, 0.15) is 18.7 Å². The largest absolute Gasteiger partial charge is 0.445 e. The fourth-order valence-electron chi connectivity index (χ4n) is 2.98. The van der Waals surface area contributed by atoms with E-state index >= 15 is 0 Å². The number of carbonyl (C=O) groups excluding carboxylic acids is 3. The molecule has 0 aromatic heterocycles. The SMILES string of the molecule is C[C@@H](C#N)C[C@H](NC(=O)[C@H]1CCCN1C(=O)OCc1ccccc1)C(N)=O. The molecule has 0 unspecified atom stereocenters. The molecule has 1 aliphatic rings. The fraction of sp³-hybridized carbons (Fsp3) is 0.474. The van der Waals surface area contributed by atoms with Gasteiger partial charge in [0.2, 0.25) is 11.8 Å². The minimum atomic E-state index is -0.949. The number of hydrogen-bond acceptors (Lipinski definition) is 5. The predicted molar refractivity (Wildman–Crippen MR) is 96.9 cm³/mol. The fourth-order valence-corrected chi connectivity index (χ4v) is 2.98. The van der Waals surface area contributed by atoms with Crippen molar-refractivity contribution in [2.45, 2.75) is 44.9 Å². The quantitative estimate of drug-likeness (QED) is 0.746. The smallest absolute Gasteiger partial charge is 0.410 e. The summed E-state index contributed by atoms with van der Waals surface area (Å²) >= 11 is 0. The first-order valence-corrected chi connectivity index (χ1v) is 8.89. The van der Waals surface area contributed by atoms with Crippen LogP contribution in [-0.2, 0) is 20.9 Å². The number of carbonyl (C=O) groups is 3. The van der Waals surface area contributed by atoms with Crippen molar-refractivity contribution in [3.05, 3.63) is 35.9 Å². The van der Waals surface area contributed by atoms with Crippen molar-refractivity contribution >= 4 is 17.9 Å². The Hall–Kier alpha value is -3.08. The minimum absolute atomic E-state index is 0.119. The number of amides is 3. The van der Waals surface area contributed by atoms with Crippen molar-refractivity contribution in [1.29, 1.82) is 5.26 Å². The molecule has 1 heterocycles. The topological polar surface area (TPSA) is 126 Å². The summed E-state index contributed by atoms with van der Waals surface area (Å²) in [5, 5.41) is 11.5. The Kier molecular flexibility index (Phi) is 7.17. The van der Waals surface area contributed by atoms with Crippen LogP contribution in [0.2, 0.25) is 0 Å². The third-order valence-electron chi connectivity index (χ3n) is 4.46. The Balaban J connectivity index is 1.95. The number of benzene rings is 1. The number of ether oxygens (including phenoxy) is 1. The van der Waals surface area contributed by atoms with Gasteiger partial charge in [0.05, 0.1) is 6.07 Å². The van der Waals surface area contributed by atoms with Gasteiger partial charge in [-0.1, -0.05) is 30.3 Å². The van der Waals surface area contributed by atoms with Gasteiger partial charge >= 0.3 is 6.09 Å². The average Bonchev–Trinajstić information content (AvgIpc) is 3.16. The van der Waals surface area contributed by atoms with E-state index in [1.165, 1.54) is 4.90 Å². The Morgan fingerprint density at radius 1 is 1.37 bits per heavy atom. The molecule has 1 fully saturated rings. The molecule has 3 amide bonds. The van der Waals surface area contributed by atoms with Gasteiger partial charge in [-0.05, 0) is 31.7 Å². The molecule has 1 saturated heterocycles. The van der Waals surface area contributed by atoms with E-state index in [4.69, 9.17) is 15.7 Å². The summed E-state index contributed by atoms with van der Waals surface area (Å²) in [6.07, 6.45) is 0.695. The molecular weight excluding hydrogens is 348 g/mol. The number of likely N-dealkylation sites (tertiary alicyclic amines) is 1. The van der Waals surface area contributed by atoms with Crippen LogP contribution < -0.4 is 11.1 Å². The third kappa shape index (κ3) is 5.71. The van der Waals surface area contributed by atoms with Crippen LogP contribution >= 0.6 is 0 Å². The second kappa shape index (κ2) is 9.57. The lowest BCUT2D eigenvalue weighted by Crippen LogP contribution is -2.52. The van der Waals surface area contributed by atoms with Crippen LogP contribution in [0.15, 0.2) is 30.3 Å². The second-order valence-corrected chi connectivity index (χ2v) is 6.62. The van der Waals surface area contributed by atoms with Crippen molar-refractivity contribution in [2.75, 3.05) is 6.54 Å². The summed E-state index contributed by atoms with van der Waals surface area (Å²) in [5.41, 5.74) is 6.18.